The summed E-state index contributed by atoms with van der Waals surface area (Å²) >= 11 is 0. The molecule has 3 aromatic rings. The number of nitrogens with zero attached hydrogens (tertiary/aromatic N) is 3. The van der Waals surface area contributed by atoms with Gasteiger partial charge in [0.05, 0.1) is 18.9 Å². The van der Waals surface area contributed by atoms with Crippen LogP contribution in [0.3, 0.4) is 0 Å². The fourth-order valence-corrected chi connectivity index (χ4v) is 3.40. The number of carbonyl (C=O) groups is 1. The van der Waals surface area contributed by atoms with E-state index in [0.717, 1.165) is 35.9 Å². The molecule has 3 heterocycles. The Balaban J connectivity index is 1.36. The molecular weight excluding hydrogens is 342 g/mol. The second-order valence-electron chi connectivity index (χ2n) is 6.86. The van der Waals surface area contributed by atoms with Crippen molar-refractivity contribution >= 4 is 5.91 Å². The van der Waals surface area contributed by atoms with Crippen LogP contribution in [0.25, 0.3) is 0 Å². The highest BCUT2D eigenvalue weighted by Crippen LogP contribution is 2.21. The molecule has 0 aliphatic carbocycles. The molecule has 2 aromatic heterocycles. The van der Waals surface area contributed by atoms with Gasteiger partial charge in [-0.1, -0.05) is 30.3 Å². The van der Waals surface area contributed by atoms with Crippen molar-refractivity contribution in [3.63, 3.8) is 0 Å². The lowest BCUT2D eigenvalue weighted by atomic mass is 10.1. The number of nitrogens with one attached hydrogen (secondary N) is 1. The summed E-state index contributed by atoms with van der Waals surface area (Å²) < 4.78 is 5.91. The molecule has 1 aliphatic heterocycles. The van der Waals surface area contributed by atoms with E-state index in [1.165, 1.54) is 5.56 Å². The molecule has 0 bridgehead atoms. The third-order valence-corrected chi connectivity index (χ3v) is 4.87. The molecular formula is C20H23N5O2. The first-order valence-electron chi connectivity index (χ1n) is 9.22. The SMILES string of the molecule is N[C@@H](Cc1cnc[nH]1)C(=O)N1CCc2oc(CCc3ccccc3)nc2C1. The van der Waals surface area contributed by atoms with Crippen molar-refractivity contribution < 1.29 is 9.21 Å². The number of H-pyrrole nitrogens is 1. The molecule has 27 heavy (non-hydrogen) atoms. The van der Waals surface area contributed by atoms with E-state index < -0.39 is 6.04 Å². The van der Waals surface area contributed by atoms with Gasteiger partial charge < -0.3 is 20.0 Å². The number of hydrogen-bond donors (Lipinski definition) is 2. The third kappa shape index (κ3) is 4.09. The van der Waals surface area contributed by atoms with Crippen LogP contribution in [0.2, 0.25) is 0 Å². The van der Waals surface area contributed by atoms with Crippen LogP contribution < -0.4 is 5.73 Å². The van der Waals surface area contributed by atoms with Crippen molar-refractivity contribution in [3.05, 3.63) is 71.5 Å². The van der Waals surface area contributed by atoms with Crippen LogP contribution in [0.4, 0.5) is 0 Å². The van der Waals surface area contributed by atoms with Crippen LogP contribution >= 0.6 is 0 Å². The molecule has 1 aromatic carbocycles. The molecule has 0 saturated carbocycles. The zero-order valence-corrected chi connectivity index (χ0v) is 15.1. The predicted octanol–water partition coefficient (Wildman–Crippen LogP) is 1.64. The summed E-state index contributed by atoms with van der Waals surface area (Å²) in [6.07, 6.45) is 6.05. The van der Waals surface area contributed by atoms with E-state index >= 15 is 0 Å². The maximum atomic E-state index is 12.7. The molecule has 0 saturated heterocycles. The highest BCUT2D eigenvalue weighted by molar-refractivity contribution is 5.82. The van der Waals surface area contributed by atoms with Gasteiger partial charge in [-0.3, -0.25) is 4.79 Å². The van der Waals surface area contributed by atoms with Crippen LogP contribution in [0.15, 0.2) is 47.3 Å². The number of fused-ring (bicyclic) bond motifs is 1. The Morgan fingerprint density at radius 2 is 2.15 bits per heavy atom. The average molecular weight is 365 g/mol. The van der Waals surface area contributed by atoms with Crippen LogP contribution in [0.1, 0.15) is 28.6 Å². The van der Waals surface area contributed by atoms with Gasteiger partial charge in [-0.2, -0.15) is 0 Å². The number of amides is 1. The fourth-order valence-electron chi connectivity index (χ4n) is 3.40. The Bertz CT molecular complexity index is 889. The lowest BCUT2D eigenvalue weighted by molar-refractivity contribution is -0.133. The first-order valence-corrected chi connectivity index (χ1v) is 9.22. The van der Waals surface area contributed by atoms with Gasteiger partial charge in [0.25, 0.3) is 0 Å². The number of carbonyl (C=O) groups excluding carboxylic acids is 1. The van der Waals surface area contributed by atoms with Crippen LogP contribution in [0.5, 0.6) is 0 Å². The van der Waals surface area contributed by atoms with Crippen molar-refractivity contribution in [1.29, 1.82) is 0 Å². The lowest BCUT2D eigenvalue weighted by Crippen LogP contribution is -2.46. The maximum Gasteiger partial charge on any atom is 0.240 e. The molecule has 7 nitrogen and oxygen atoms in total. The molecule has 0 fully saturated rings. The number of rotatable bonds is 6. The third-order valence-electron chi connectivity index (χ3n) is 4.87. The Labute approximate surface area is 157 Å². The number of aryl methyl sites for hydroxylation is 2. The second-order valence-corrected chi connectivity index (χ2v) is 6.86. The number of aromatic amines is 1. The minimum Gasteiger partial charge on any atom is -0.445 e. The quantitative estimate of drug-likeness (QED) is 0.691. The van der Waals surface area contributed by atoms with Gasteiger partial charge in [0.15, 0.2) is 5.89 Å². The topological polar surface area (TPSA) is 101 Å². The molecule has 0 spiro atoms. The molecule has 3 N–H and O–H groups in total. The Morgan fingerprint density at radius 1 is 1.30 bits per heavy atom. The number of benzene rings is 1. The summed E-state index contributed by atoms with van der Waals surface area (Å²) in [5.74, 6) is 1.56. The Kier molecular flexibility index (Phi) is 5.02. The Hall–Kier alpha value is -2.93. The summed E-state index contributed by atoms with van der Waals surface area (Å²) in [6.45, 7) is 1.06. The van der Waals surface area contributed by atoms with Gasteiger partial charge in [-0.05, 0) is 12.0 Å². The largest absolute Gasteiger partial charge is 0.445 e. The van der Waals surface area contributed by atoms with Crippen molar-refractivity contribution in [2.45, 2.75) is 38.3 Å². The molecule has 1 aliphatic rings. The summed E-state index contributed by atoms with van der Waals surface area (Å²) in [7, 11) is 0. The molecule has 4 rings (SSSR count). The zero-order valence-electron chi connectivity index (χ0n) is 15.1. The number of oxazole rings is 1. The van der Waals surface area contributed by atoms with Crippen LogP contribution in [-0.4, -0.2) is 38.3 Å². The number of hydrogen-bond acceptors (Lipinski definition) is 5. The van der Waals surface area contributed by atoms with E-state index in [1.54, 1.807) is 17.4 Å². The van der Waals surface area contributed by atoms with Crippen LogP contribution in [-0.2, 0) is 37.0 Å². The number of nitrogens with two attached hydrogens (primary N) is 1. The van der Waals surface area contributed by atoms with Crippen molar-refractivity contribution in [2.24, 2.45) is 5.73 Å². The minimum absolute atomic E-state index is 0.0657. The lowest BCUT2D eigenvalue weighted by Gasteiger charge is -2.27. The average Bonchev–Trinajstić information content (AvgIpc) is 3.35. The molecule has 1 amide bonds. The summed E-state index contributed by atoms with van der Waals surface area (Å²) in [5, 5.41) is 0. The van der Waals surface area contributed by atoms with Gasteiger partial charge in [-0.15, -0.1) is 0 Å². The first-order chi connectivity index (χ1) is 13.2. The van der Waals surface area contributed by atoms with Gasteiger partial charge in [0.1, 0.15) is 11.5 Å². The van der Waals surface area contributed by atoms with Gasteiger partial charge in [0.2, 0.25) is 5.91 Å². The van der Waals surface area contributed by atoms with Gasteiger partial charge in [0, 0.05) is 37.7 Å². The van der Waals surface area contributed by atoms with E-state index in [-0.39, 0.29) is 5.91 Å². The normalized spacial score (nSPS) is 14.8. The van der Waals surface area contributed by atoms with E-state index in [0.29, 0.717) is 25.9 Å². The molecule has 140 valence electrons. The van der Waals surface area contributed by atoms with Gasteiger partial charge >= 0.3 is 0 Å². The summed E-state index contributed by atoms with van der Waals surface area (Å²) in [4.78, 5) is 26.0. The predicted molar refractivity (Wildman–Crippen MR) is 99.7 cm³/mol. The number of imidazole rings is 1. The van der Waals surface area contributed by atoms with Crippen molar-refractivity contribution in [3.8, 4) is 0 Å². The number of aromatic nitrogens is 3. The van der Waals surface area contributed by atoms with E-state index in [9.17, 15) is 4.79 Å². The molecule has 0 radical (unpaired) electrons. The standard InChI is InChI=1S/C20H23N5O2/c21-16(10-15-11-22-13-23-15)20(26)25-9-8-18-17(12-25)24-19(27-18)7-6-14-4-2-1-3-5-14/h1-5,11,13,16H,6-10,12,21H2,(H,22,23)/t16-/m0/s1. The van der Waals surface area contributed by atoms with Crippen molar-refractivity contribution in [1.82, 2.24) is 19.9 Å². The van der Waals surface area contributed by atoms with Crippen molar-refractivity contribution in [2.75, 3.05) is 6.54 Å². The highest BCUT2D eigenvalue weighted by Gasteiger charge is 2.28. The molecule has 0 unspecified atom stereocenters. The summed E-state index contributed by atoms with van der Waals surface area (Å²) in [5.41, 5.74) is 9.07. The zero-order chi connectivity index (χ0) is 18.6. The minimum atomic E-state index is -0.587. The van der Waals surface area contributed by atoms with E-state index in [1.807, 2.05) is 18.2 Å². The maximum absolute atomic E-state index is 12.7. The summed E-state index contributed by atoms with van der Waals surface area (Å²) in [6, 6.07) is 9.69. The van der Waals surface area contributed by atoms with Crippen LogP contribution in [0, 0.1) is 0 Å². The van der Waals surface area contributed by atoms with E-state index in [2.05, 4.69) is 27.1 Å². The highest BCUT2D eigenvalue weighted by atomic mass is 16.4. The fraction of sp³-hybridized carbons (Fsp3) is 0.350. The monoisotopic (exact) mass is 365 g/mol. The first kappa shape index (κ1) is 17.5. The second kappa shape index (κ2) is 7.75. The Morgan fingerprint density at radius 3 is 2.93 bits per heavy atom. The van der Waals surface area contributed by atoms with Gasteiger partial charge in [-0.25, -0.2) is 9.97 Å². The van der Waals surface area contributed by atoms with E-state index in [4.69, 9.17) is 10.2 Å². The molecule has 7 heteroatoms. The molecule has 1 atom stereocenters. The smallest absolute Gasteiger partial charge is 0.240 e.